The number of hydrogen-bond acceptors (Lipinski definition) is 3. The quantitative estimate of drug-likeness (QED) is 0.920. The number of rotatable bonds is 2. The molecule has 1 N–H and O–H groups in total. The first kappa shape index (κ1) is 14.0. The Morgan fingerprint density at radius 1 is 1.10 bits per heavy atom. The lowest BCUT2D eigenvalue weighted by molar-refractivity contribution is -0.137. The molecule has 0 aliphatic heterocycles. The molecule has 104 valence electrons. The Hall–Kier alpha value is -2.44. The van der Waals surface area contributed by atoms with Crippen molar-refractivity contribution in [2.75, 3.05) is 5.32 Å². The van der Waals surface area contributed by atoms with E-state index in [0.717, 1.165) is 12.1 Å². The fourth-order valence-electron chi connectivity index (χ4n) is 1.46. The van der Waals surface area contributed by atoms with E-state index in [9.17, 15) is 18.0 Å². The van der Waals surface area contributed by atoms with Crippen LogP contribution in [0.2, 0.25) is 0 Å². The molecule has 1 aromatic heterocycles. The fourth-order valence-corrected chi connectivity index (χ4v) is 1.46. The number of carbonyl (C=O) groups is 1. The molecular weight excluding hydrogens is 271 g/mol. The molecule has 0 saturated carbocycles. The van der Waals surface area contributed by atoms with E-state index < -0.39 is 17.6 Å². The molecule has 20 heavy (non-hydrogen) atoms. The van der Waals surface area contributed by atoms with Crippen LogP contribution in [0.3, 0.4) is 0 Å². The standard InChI is InChI=1S/C13H10F3N3O/c1-8-17-6-9(7-18-8)12(20)19-11-4-2-10(3-5-11)13(14,15)16/h2-7H,1H3,(H,19,20). The molecular formula is C13H10F3N3O. The smallest absolute Gasteiger partial charge is 0.322 e. The molecule has 0 aliphatic rings. The van der Waals surface area contributed by atoms with E-state index in [1.54, 1.807) is 6.92 Å². The van der Waals surface area contributed by atoms with Gasteiger partial charge >= 0.3 is 6.18 Å². The number of anilines is 1. The Kier molecular flexibility index (Phi) is 3.69. The van der Waals surface area contributed by atoms with Crippen molar-refractivity contribution in [2.24, 2.45) is 0 Å². The summed E-state index contributed by atoms with van der Waals surface area (Å²) in [6.45, 7) is 1.68. The maximum atomic E-state index is 12.4. The monoisotopic (exact) mass is 281 g/mol. The fraction of sp³-hybridized carbons (Fsp3) is 0.154. The first-order chi connectivity index (χ1) is 9.36. The van der Waals surface area contributed by atoms with Crippen molar-refractivity contribution in [3.05, 3.63) is 53.6 Å². The van der Waals surface area contributed by atoms with Gasteiger partial charge in [-0.05, 0) is 31.2 Å². The van der Waals surface area contributed by atoms with E-state index >= 15 is 0 Å². The van der Waals surface area contributed by atoms with Crippen LogP contribution in [0.5, 0.6) is 0 Å². The summed E-state index contributed by atoms with van der Waals surface area (Å²) in [6, 6.07) is 4.19. The first-order valence-electron chi connectivity index (χ1n) is 5.63. The van der Waals surface area contributed by atoms with Gasteiger partial charge in [0.2, 0.25) is 0 Å². The lowest BCUT2D eigenvalue weighted by Gasteiger charge is -2.08. The number of alkyl halides is 3. The lowest BCUT2D eigenvalue weighted by atomic mass is 10.2. The molecule has 0 saturated heterocycles. The zero-order valence-electron chi connectivity index (χ0n) is 10.4. The van der Waals surface area contributed by atoms with E-state index in [1.807, 2.05) is 0 Å². The minimum absolute atomic E-state index is 0.232. The number of carbonyl (C=O) groups excluding carboxylic acids is 1. The molecule has 0 spiro atoms. The average Bonchev–Trinajstić information content (AvgIpc) is 2.39. The van der Waals surface area contributed by atoms with Gasteiger partial charge in [-0.1, -0.05) is 0 Å². The second kappa shape index (κ2) is 5.28. The van der Waals surface area contributed by atoms with Crippen molar-refractivity contribution in [2.45, 2.75) is 13.1 Å². The summed E-state index contributed by atoms with van der Waals surface area (Å²) in [5.41, 5.74) is -0.270. The third-order valence-corrected chi connectivity index (χ3v) is 2.51. The predicted molar refractivity (Wildman–Crippen MR) is 66.2 cm³/mol. The van der Waals surface area contributed by atoms with E-state index in [0.29, 0.717) is 5.82 Å². The number of halogens is 3. The summed E-state index contributed by atoms with van der Waals surface area (Å²) in [6.07, 6.45) is -1.70. The molecule has 1 aromatic carbocycles. The average molecular weight is 281 g/mol. The Morgan fingerprint density at radius 2 is 1.65 bits per heavy atom. The molecule has 1 heterocycles. The van der Waals surface area contributed by atoms with Crippen LogP contribution in [-0.2, 0) is 6.18 Å². The third kappa shape index (κ3) is 3.31. The Labute approximate surface area is 112 Å². The molecule has 0 fully saturated rings. The molecule has 1 amide bonds. The SMILES string of the molecule is Cc1ncc(C(=O)Nc2ccc(C(F)(F)F)cc2)cn1. The number of nitrogens with zero attached hydrogens (tertiary/aromatic N) is 2. The second-order valence-electron chi connectivity index (χ2n) is 4.05. The highest BCUT2D eigenvalue weighted by molar-refractivity contribution is 6.03. The molecule has 7 heteroatoms. The van der Waals surface area contributed by atoms with E-state index in [-0.39, 0.29) is 11.3 Å². The van der Waals surface area contributed by atoms with Crippen molar-refractivity contribution in [3.63, 3.8) is 0 Å². The van der Waals surface area contributed by atoms with Crippen molar-refractivity contribution in [1.29, 1.82) is 0 Å². The Balaban J connectivity index is 2.10. The number of aromatic nitrogens is 2. The van der Waals surface area contributed by atoms with Crippen molar-refractivity contribution < 1.29 is 18.0 Å². The normalized spacial score (nSPS) is 11.2. The second-order valence-corrected chi connectivity index (χ2v) is 4.05. The molecule has 4 nitrogen and oxygen atoms in total. The summed E-state index contributed by atoms with van der Waals surface area (Å²) in [5, 5.41) is 2.47. The van der Waals surface area contributed by atoms with Gasteiger partial charge in [-0.3, -0.25) is 4.79 Å². The molecule has 0 unspecified atom stereocenters. The molecule has 0 radical (unpaired) electrons. The highest BCUT2D eigenvalue weighted by Gasteiger charge is 2.29. The molecule has 2 aromatic rings. The highest BCUT2D eigenvalue weighted by Crippen LogP contribution is 2.29. The third-order valence-electron chi connectivity index (χ3n) is 2.51. The summed E-state index contributed by atoms with van der Waals surface area (Å²) in [7, 11) is 0. The van der Waals surface area contributed by atoms with Crippen LogP contribution in [0.4, 0.5) is 18.9 Å². The Morgan fingerprint density at radius 3 is 2.15 bits per heavy atom. The van der Waals surface area contributed by atoms with Crippen LogP contribution in [0.1, 0.15) is 21.7 Å². The van der Waals surface area contributed by atoms with Crippen LogP contribution in [0.25, 0.3) is 0 Å². The van der Waals surface area contributed by atoms with Crippen LogP contribution in [-0.4, -0.2) is 15.9 Å². The number of hydrogen-bond donors (Lipinski definition) is 1. The van der Waals surface area contributed by atoms with Gasteiger partial charge in [0.25, 0.3) is 5.91 Å². The van der Waals surface area contributed by atoms with Gasteiger partial charge in [0.1, 0.15) is 5.82 Å². The summed E-state index contributed by atoms with van der Waals surface area (Å²) in [5.74, 6) is 0.0424. The minimum atomic E-state index is -4.40. The van der Waals surface area contributed by atoms with Gasteiger partial charge in [0.05, 0.1) is 11.1 Å². The van der Waals surface area contributed by atoms with E-state index in [4.69, 9.17) is 0 Å². The van der Waals surface area contributed by atoms with Crippen LogP contribution < -0.4 is 5.32 Å². The summed E-state index contributed by atoms with van der Waals surface area (Å²) in [4.78, 5) is 19.5. The molecule has 0 aliphatic carbocycles. The van der Waals surface area contributed by atoms with Crippen molar-refractivity contribution in [3.8, 4) is 0 Å². The number of nitrogens with one attached hydrogen (secondary N) is 1. The van der Waals surface area contributed by atoms with E-state index in [1.165, 1.54) is 24.5 Å². The van der Waals surface area contributed by atoms with Gasteiger partial charge in [-0.2, -0.15) is 13.2 Å². The van der Waals surface area contributed by atoms with Gasteiger partial charge in [-0.15, -0.1) is 0 Å². The van der Waals surface area contributed by atoms with Crippen LogP contribution in [0, 0.1) is 6.92 Å². The predicted octanol–water partition coefficient (Wildman–Crippen LogP) is 3.06. The Bertz CT molecular complexity index is 606. The highest BCUT2D eigenvalue weighted by atomic mass is 19.4. The lowest BCUT2D eigenvalue weighted by Crippen LogP contribution is -2.13. The largest absolute Gasteiger partial charge is 0.416 e. The topological polar surface area (TPSA) is 54.9 Å². The molecule has 0 bridgehead atoms. The summed E-state index contributed by atoms with van der Waals surface area (Å²) < 4.78 is 37.1. The zero-order chi connectivity index (χ0) is 14.8. The van der Waals surface area contributed by atoms with Crippen LogP contribution in [0.15, 0.2) is 36.7 Å². The molecule has 2 rings (SSSR count). The number of amides is 1. The van der Waals surface area contributed by atoms with Gasteiger partial charge in [-0.25, -0.2) is 9.97 Å². The van der Waals surface area contributed by atoms with Crippen LogP contribution >= 0.6 is 0 Å². The minimum Gasteiger partial charge on any atom is -0.322 e. The first-order valence-corrected chi connectivity index (χ1v) is 5.63. The molecule has 0 atom stereocenters. The van der Waals surface area contributed by atoms with Crippen molar-refractivity contribution >= 4 is 11.6 Å². The van der Waals surface area contributed by atoms with Gasteiger partial charge in [0.15, 0.2) is 0 Å². The van der Waals surface area contributed by atoms with E-state index in [2.05, 4.69) is 15.3 Å². The van der Waals surface area contributed by atoms with Gasteiger partial charge < -0.3 is 5.32 Å². The number of benzene rings is 1. The maximum absolute atomic E-state index is 12.4. The van der Waals surface area contributed by atoms with Crippen molar-refractivity contribution in [1.82, 2.24) is 9.97 Å². The maximum Gasteiger partial charge on any atom is 0.416 e. The number of aryl methyl sites for hydroxylation is 1. The summed E-state index contributed by atoms with van der Waals surface area (Å²) >= 11 is 0. The zero-order valence-corrected chi connectivity index (χ0v) is 10.4. The van der Waals surface area contributed by atoms with Gasteiger partial charge in [0, 0.05) is 18.1 Å².